The van der Waals surface area contributed by atoms with Gasteiger partial charge in [-0.3, -0.25) is 9.10 Å². The molecule has 0 aliphatic rings. The Hall–Kier alpha value is -3.12. The number of benzene rings is 3. The second kappa shape index (κ2) is 8.92. The summed E-state index contributed by atoms with van der Waals surface area (Å²) in [6.07, 6.45) is 0. The fourth-order valence-corrected chi connectivity index (χ4v) is 4.26. The van der Waals surface area contributed by atoms with E-state index in [1.165, 1.54) is 0 Å². The topological polar surface area (TPSA) is 66.5 Å². The summed E-state index contributed by atoms with van der Waals surface area (Å²) in [6.45, 7) is 3.93. The highest BCUT2D eigenvalue weighted by Gasteiger charge is 2.27. The summed E-state index contributed by atoms with van der Waals surface area (Å²) in [5.74, 6) is -0.370. The molecule has 0 aliphatic carbocycles. The van der Waals surface area contributed by atoms with Gasteiger partial charge in [0.05, 0.1) is 10.6 Å². The van der Waals surface area contributed by atoms with Crippen molar-refractivity contribution in [3.63, 3.8) is 0 Å². The predicted octanol–water partition coefficient (Wildman–Crippen LogP) is 3.82. The van der Waals surface area contributed by atoms with E-state index in [9.17, 15) is 13.2 Å². The lowest BCUT2D eigenvalue weighted by molar-refractivity contribution is -0.119. The predicted molar refractivity (Wildman–Crippen MR) is 115 cm³/mol. The molecule has 29 heavy (non-hydrogen) atoms. The van der Waals surface area contributed by atoms with Crippen LogP contribution in [0.15, 0.2) is 83.8 Å². The molecule has 3 aromatic carbocycles. The van der Waals surface area contributed by atoms with Gasteiger partial charge in [-0.15, -0.1) is 0 Å². The zero-order valence-corrected chi connectivity index (χ0v) is 17.3. The SMILES string of the molecule is Cc1ccc(CNC(=O)CN(c2ccccc2)S(=O)(=O)c2ccc(C)cc2)cc1. The number of anilines is 1. The van der Waals surface area contributed by atoms with E-state index >= 15 is 0 Å². The number of sulfonamides is 1. The number of carbonyl (C=O) groups excluding carboxylic acids is 1. The molecular weight excluding hydrogens is 384 g/mol. The van der Waals surface area contributed by atoms with Gasteiger partial charge in [0.1, 0.15) is 6.54 Å². The number of aryl methyl sites for hydroxylation is 2. The Bertz CT molecular complexity index is 1060. The number of hydrogen-bond acceptors (Lipinski definition) is 3. The average molecular weight is 409 g/mol. The third-order valence-corrected chi connectivity index (χ3v) is 6.34. The highest BCUT2D eigenvalue weighted by molar-refractivity contribution is 7.92. The monoisotopic (exact) mass is 408 g/mol. The Kier molecular flexibility index (Phi) is 6.34. The van der Waals surface area contributed by atoms with Crippen molar-refractivity contribution in [3.05, 3.63) is 95.6 Å². The largest absolute Gasteiger partial charge is 0.350 e. The third-order valence-electron chi connectivity index (χ3n) is 4.55. The summed E-state index contributed by atoms with van der Waals surface area (Å²) in [6, 6.07) is 23.1. The molecule has 150 valence electrons. The van der Waals surface area contributed by atoms with E-state index in [2.05, 4.69) is 5.32 Å². The van der Waals surface area contributed by atoms with Gasteiger partial charge in [-0.2, -0.15) is 0 Å². The first-order chi connectivity index (χ1) is 13.9. The molecule has 0 fully saturated rings. The molecule has 0 bridgehead atoms. The zero-order chi connectivity index (χ0) is 20.9. The van der Waals surface area contributed by atoms with Crippen LogP contribution in [0, 0.1) is 13.8 Å². The van der Waals surface area contributed by atoms with E-state index in [1.807, 2.05) is 38.1 Å². The molecule has 5 nitrogen and oxygen atoms in total. The summed E-state index contributed by atoms with van der Waals surface area (Å²) in [7, 11) is -3.88. The number of nitrogens with one attached hydrogen (secondary N) is 1. The molecule has 6 heteroatoms. The summed E-state index contributed by atoms with van der Waals surface area (Å²) >= 11 is 0. The minimum atomic E-state index is -3.88. The van der Waals surface area contributed by atoms with Crippen LogP contribution in [-0.4, -0.2) is 20.9 Å². The maximum absolute atomic E-state index is 13.2. The van der Waals surface area contributed by atoms with Gasteiger partial charge < -0.3 is 5.32 Å². The van der Waals surface area contributed by atoms with Crippen LogP contribution < -0.4 is 9.62 Å². The Morgan fingerprint density at radius 1 is 0.828 bits per heavy atom. The first kappa shape index (κ1) is 20.6. The molecule has 1 amide bonds. The summed E-state index contributed by atoms with van der Waals surface area (Å²) in [4.78, 5) is 12.7. The molecule has 0 heterocycles. The Morgan fingerprint density at radius 2 is 1.38 bits per heavy atom. The Morgan fingerprint density at radius 3 is 1.97 bits per heavy atom. The van der Waals surface area contributed by atoms with Crippen LogP contribution in [0.4, 0.5) is 5.69 Å². The molecule has 0 radical (unpaired) electrons. The van der Waals surface area contributed by atoms with Crippen LogP contribution in [0.25, 0.3) is 0 Å². The van der Waals surface area contributed by atoms with Gasteiger partial charge in [-0.05, 0) is 43.7 Å². The first-order valence-electron chi connectivity index (χ1n) is 9.33. The first-order valence-corrected chi connectivity index (χ1v) is 10.8. The molecule has 0 saturated heterocycles. The van der Waals surface area contributed by atoms with Crippen LogP contribution in [0.5, 0.6) is 0 Å². The molecule has 1 N–H and O–H groups in total. The number of carbonyl (C=O) groups is 1. The molecule has 0 aromatic heterocycles. The number of nitrogens with zero attached hydrogens (tertiary/aromatic N) is 1. The highest BCUT2D eigenvalue weighted by Crippen LogP contribution is 2.23. The van der Waals surface area contributed by atoms with E-state index in [1.54, 1.807) is 54.6 Å². The average Bonchev–Trinajstić information content (AvgIpc) is 2.72. The molecular formula is C23H24N2O3S. The van der Waals surface area contributed by atoms with Crippen molar-refractivity contribution in [2.24, 2.45) is 0 Å². The smallest absolute Gasteiger partial charge is 0.264 e. The molecule has 0 aliphatic heterocycles. The Balaban J connectivity index is 1.81. The minimum absolute atomic E-state index is 0.151. The maximum atomic E-state index is 13.2. The summed E-state index contributed by atoms with van der Waals surface area (Å²) < 4.78 is 27.6. The van der Waals surface area contributed by atoms with Crippen LogP contribution in [0.1, 0.15) is 16.7 Å². The van der Waals surface area contributed by atoms with Crippen molar-refractivity contribution in [3.8, 4) is 0 Å². The van der Waals surface area contributed by atoms with E-state index in [4.69, 9.17) is 0 Å². The van der Waals surface area contributed by atoms with Gasteiger partial charge in [-0.25, -0.2) is 8.42 Å². The second-order valence-electron chi connectivity index (χ2n) is 6.92. The molecule has 3 aromatic rings. The van der Waals surface area contributed by atoms with Crippen LogP contribution in [0.3, 0.4) is 0 Å². The standard InChI is InChI=1S/C23H24N2O3S/c1-18-8-12-20(13-9-18)16-24-23(26)17-25(21-6-4-3-5-7-21)29(27,28)22-14-10-19(2)11-15-22/h3-15H,16-17H2,1-2H3,(H,24,26). The normalized spacial score (nSPS) is 11.1. The van der Waals surface area contributed by atoms with Crippen molar-refractivity contribution in [1.29, 1.82) is 0 Å². The molecule has 0 unspecified atom stereocenters. The van der Waals surface area contributed by atoms with Gasteiger partial charge in [0, 0.05) is 6.54 Å². The fourth-order valence-electron chi connectivity index (χ4n) is 2.84. The number of hydrogen-bond donors (Lipinski definition) is 1. The van der Waals surface area contributed by atoms with Gasteiger partial charge in [0.25, 0.3) is 10.0 Å². The lowest BCUT2D eigenvalue weighted by Gasteiger charge is -2.24. The van der Waals surface area contributed by atoms with Crippen LogP contribution >= 0.6 is 0 Å². The van der Waals surface area contributed by atoms with Crippen LogP contribution in [0.2, 0.25) is 0 Å². The lowest BCUT2D eigenvalue weighted by Crippen LogP contribution is -2.40. The molecule has 0 atom stereocenters. The van der Waals surface area contributed by atoms with Crippen molar-refractivity contribution in [1.82, 2.24) is 5.32 Å². The van der Waals surface area contributed by atoms with E-state index in [0.29, 0.717) is 12.2 Å². The minimum Gasteiger partial charge on any atom is -0.350 e. The van der Waals surface area contributed by atoms with E-state index in [-0.39, 0.29) is 17.3 Å². The van der Waals surface area contributed by atoms with Gasteiger partial charge in [0.2, 0.25) is 5.91 Å². The number of rotatable bonds is 7. The van der Waals surface area contributed by atoms with Gasteiger partial charge in [-0.1, -0.05) is 65.7 Å². The Labute approximate surface area is 172 Å². The quantitative estimate of drug-likeness (QED) is 0.646. The van der Waals surface area contributed by atoms with E-state index < -0.39 is 10.0 Å². The maximum Gasteiger partial charge on any atom is 0.264 e. The van der Waals surface area contributed by atoms with E-state index in [0.717, 1.165) is 21.0 Å². The number of amides is 1. The highest BCUT2D eigenvalue weighted by atomic mass is 32.2. The summed E-state index contributed by atoms with van der Waals surface area (Å²) in [5.41, 5.74) is 3.50. The molecule has 3 rings (SSSR count). The fraction of sp³-hybridized carbons (Fsp3) is 0.174. The van der Waals surface area contributed by atoms with Gasteiger partial charge >= 0.3 is 0 Å². The number of para-hydroxylation sites is 1. The zero-order valence-electron chi connectivity index (χ0n) is 16.5. The van der Waals surface area contributed by atoms with Crippen molar-refractivity contribution >= 4 is 21.6 Å². The lowest BCUT2D eigenvalue weighted by atomic mass is 10.1. The third kappa shape index (κ3) is 5.23. The summed E-state index contributed by atoms with van der Waals surface area (Å²) in [5, 5.41) is 2.81. The second-order valence-corrected chi connectivity index (χ2v) is 8.78. The van der Waals surface area contributed by atoms with Crippen molar-refractivity contribution < 1.29 is 13.2 Å². The van der Waals surface area contributed by atoms with Crippen molar-refractivity contribution in [2.75, 3.05) is 10.8 Å². The van der Waals surface area contributed by atoms with Crippen LogP contribution in [-0.2, 0) is 21.4 Å². The van der Waals surface area contributed by atoms with Gasteiger partial charge in [0.15, 0.2) is 0 Å². The molecule has 0 spiro atoms. The van der Waals surface area contributed by atoms with Crippen molar-refractivity contribution in [2.45, 2.75) is 25.3 Å². The molecule has 0 saturated carbocycles.